The molecule has 0 saturated carbocycles. The Labute approximate surface area is 112 Å². The first-order chi connectivity index (χ1) is 8.74. The minimum Gasteiger partial charge on any atom is -0.464 e. The van der Waals surface area contributed by atoms with Crippen molar-refractivity contribution in [3.8, 4) is 0 Å². The van der Waals surface area contributed by atoms with Crippen LogP contribution in [0.25, 0.3) is 0 Å². The molecule has 0 aliphatic rings. The van der Waals surface area contributed by atoms with E-state index in [1.165, 1.54) is 13.2 Å². The van der Waals surface area contributed by atoms with Crippen LogP contribution >= 0.6 is 0 Å². The van der Waals surface area contributed by atoms with E-state index in [2.05, 4.69) is 20.0 Å². The Morgan fingerprint density at radius 3 is 2.53 bits per heavy atom. The molecule has 0 radical (unpaired) electrons. The van der Waals surface area contributed by atoms with Crippen molar-refractivity contribution in [3.63, 3.8) is 0 Å². The Bertz CT molecular complexity index is 569. The summed E-state index contributed by atoms with van der Waals surface area (Å²) in [5.74, 6) is -0.0809. The van der Waals surface area contributed by atoms with Crippen molar-refractivity contribution in [2.75, 3.05) is 25.2 Å². The summed E-state index contributed by atoms with van der Waals surface area (Å²) in [6.45, 7) is 4.58. The van der Waals surface area contributed by atoms with Gasteiger partial charge in [0.15, 0.2) is 5.69 Å². The Kier molecular flexibility index (Phi) is 4.82. The number of aromatic nitrogens is 2. The maximum atomic E-state index is 11.5. The summed E-state index contributed by atoms with van der Waals surface area (Å²) >= 11 is 0. The van der Waals surface area contributed by atoms with Crippen LogP contribution in [-0.2, 0) is 14.6 Å². The molecule has 0 amide bonds. The first-order valence-electron chi connectivity index (χ1n) is 5.65. The van der Waals surface area contributed by atoms with Crippen molar-refractivity contribution < 1.29 is 17.9 Å². The van der Waals surface area contributed by atoms with Gasteiger partial charge in [0.25, 0.3) is 0 Å². The number of sulfone groups is 1. The summed E-state index contributed by atoms with van der Waals surface area (Å²) in [5.41, 5.74) is -0.0934. The number of anilines is 1. The zero-order chi connectivity index (χ0) is 14.6. The van der Waals surface area contributed by atoms with Gasteiger partial charge in [-0.2, -0.15) is 0 Å². The molecule has 0 fully saturated rings. The molecule has 0 atom stereocenters. The maximum absolute atomic E-state index is 11.5. The van der Waals surface area contributed by atoms with Crippen LogP contribution in [0.5, 0.6) is 0 Å². The standard InChI is InChI=1S/C11H17N3O4S/c1-7(2)6-12-9-5-8(10(15)18-3)13-11(14-9)19(4,16)17/h5,7H,6H2,1-4H3,(H,12,13,14). The summed E-state index contributed by atoms with van der Waals surface area (Å²) in [5, 5.41) is 2.55. The zero-order valence-electron chi connectivity index (χ0n) is 11.3. The van der Waals surface area contributed by atoms with Crippen LogP contribution in [0.3, 0.4) is 0 Å². The molecular weight excluding hydrogens is 270 g/mol. The molecule has 106 valence electrons. The number of nitrogens with zero attached hydrogens (tertiary/aromatic N) is 2. The van der Waals surface area contributed by atoms with Crippen molar-refractivity contribution in [2.45, 2.75) is 19.0 Å². The van der Waals surface area contributed by atoms with Crippen LogP contribution in [0.15, 0.2) is 11.2 Å². The van der Waals surface area contributed by atoms with Crippen molar-refractivity contribution >= 4 is 21.6 Å². The number of hydrogen-bond acceptors (Lipinski definition) is 7. The number of methoxy groups -OCH3 is 1. The molecule has 19 heavy (non-hydrogen) atoms. The van der Waals surface area contributed by atoms with Crippen molar-refractivity contribution in [1.29, 1.82) is 0 Å². The van der Waals surface area contributed by atoms with Crippen LogP contribution in [0.4, 0.5) is 5.82 Å². The molecule has 0 saturated heterocycles. The normalized spacial score (nSPS) is 11.4. The molecule has 1 rings (SSSR count). The number of hydrogen-bond donors (Lipinski definition) is 1. The fourth-order valence-electron chi connectivity index (χ4n) is 1.20. The SMILES string of the molecule is COC(=O)c1cc(NCC(C)C)nc(S(C)(=O)=O)n1. The lowest BCUT2D eigenvalue weighted by atomic mass is 10.2. The molecule has 0 unspecified atom stereocenters. The molecule has 0 spiro atoms. The second-order valence-corrected chi connectivity index (χ2v) is 6.37. The van der Waals surface area contributed by atoms with E-state index in [9.17, 15) is 13.2 Å². The maximum Gasteiger partial charge on any atom is 0.356 e. The monoisotopic (exact) mass is 287 g/mol. The lowest BCUT2D eigenvalue weighted by Crippen LogP contribution is -2.15. The molecule has 8 heteroatoms. The summed E-state index contributed by atoms with van der Waals surface area (Å²) in [6.07, 6.45) is 0.982. The number of carbonyl (C=O) groups excluding carboxylic acids is 1. The minimum absolute atomic E-state index is 0.0934. The van der Waals surface area contributed by atoms with E-state index < -0.39 is 21.0 Å². The number of esters is 1. The smallest absolute Gasteiger partial charge is 0.356 e. The summed E-state index contributed by atoms with van der Waals surface area (Å²) in [6, 6.07) is 1.36. The highest BCUT2D eigenvalue weighted by Gasteiger charge is 2.18. The van der Waals surface area contributed by atoms with Gasteiger partial charge >= 0.3 is 5.97 Å². The highest BCUT2D eigenvalue weighted by Crippen LogP contribution is 2.12. The van der Waals surface area contributed by atoms with Crippen molar-refractivity contribution in [1.82, 2.24) is 9.97 Å². The minimum atomic E-state index is -3.60. The lowest BCUT2D eigenvalue weighted by Gasteiger charge is -2.10. The molecule has 1 heterocycles. The first-order valence-corrected chi connectivity index (χ1v) is 7.54. The second-order valence-electron chi connectivity index (χ2n) is 4.46. The number of carbonyl (C=O) groups is 1. The van der Waals surface area contributed by atoms with Gasteiger partial charge in [-0.15, -0.1) is 0 Å². The topological polar surface area (TPSA) is 98.2 Å². The fourth-order valence-corrected chi connectivity index (χ4v) is 1.73. The van der Waals surface area contributed by atoms with Gasteiger partial charge < -0.3 is 10.1 Å². The van der Waals surface area contributed by atoms with E-state index in [4.69, 9.17) is 0 Å². The van der Waals surface area contributed by atoms with Crippen molar-refractivity contribution in [2.24, 2.45) is 5.92 Å². The molecule has 0 aromatic carbocycles. The number of ether oxygens (including phenoxy) is 1. The van der Waals surface area contributed by atoms with E-state index in [-0.39, 0.29) is 11.5 Å². The molecule has 1 N–H and O–H groups in total. The van der Waals surface area contributed by atoms with Gasteiger partial charge in [0.05, 0.1) is 7.11 Å². The second kappa shape index (κ2) is 5.96. The van der Waals surface area contributed by atoms with Gasteiger partial charge in [0.2, 0.25) is 15.0 Å². The van der Waals surface area contributed by atoms with Gasteiger partial charge in [0, 0.05) is 18.9 Å². The molecule has 1 aromatic heterocycles. The Balaban J connectivity index is 3.20. The third-order valence-corrected chi connectivity index (χ3v) is 2.97. The summed E-state index contributed by atoms with van der Waals surface area (Å²) in [7, 11) is -2.40. The number of rotatable bonds is 5. The highest BCUT2D eigenvalue weighted by atomic mass is 32.2. The van der Waals surface area contributed by atoms with Crippen LogP contribution < -0.4 is 5.32 Å². The van der Waals surface area contributed by atoms with Gasteiger partial charge in [-0.25, -0.2) is 23.2 Å². The fraction of sp³-hybridized carbons (Fsp3) is 0.545. The molecule has 0 aliphatic carbocycles. The quantitative estimate of drug-likeness (QED) is 0.629. The first kappa shape index (κ1) is 15.4. The van der Waals surface area contributed by atoms with E-state index in [0.717, 1.165) is 6.26 Å². The molecular formula is C11H17N3O4S. The average molecular weight is 287 g/mol. The van der Waals surface area contributed by atoms with E-state index in [0.29, 0.717) is 12.5 Å². The average Bonchev–Trinajstić information content (AvgIpc) is 2.34. The third kappa shape index (κ3) is 4.47. The largest absolute Gasteiger partial charge is 0.464 e. The Morgan fingerprint density at radius 1 is 1.42 bits per heavy atom. The van der Waals surface area contributed by atoms with Gasteiger partial charge in [0.1, 0.15) is 5.82 Å². The van der Waals surface area contributed by atoms with E-state index >= 15 is 0 Å². The lowest BCUT2D eigenvalue weighted by molar-refractivity contribution is 0.0593. The van der Waals surface area contributed by atoms with E-state index in [1.807, 2.05) is 13.8 Å². The van der Waals surface area contributed by atoms with Gasteiger partial charge in [-0.1, -0.05) is 13.8 Å². The molecule has 1 aromatic rings. The number of nitrogens with one attached hydrogen (secondary N) is 1. The molecule has 0 bridgehead atoms. The van der Waals surface area contributed by atoms with Crippen LogP contribution in [0, 0.1) is 5.92 Å². The Morgan fingerprint density at radius 2 is 2.05 bits per heavy atom. The molecule has 0 aliphatic heterocycles. The van der Waals surface area contributed by atoms with Crippen LogP contribution in [-0.4, -0.2) is 44.3 Å². The third-order valence-electron chi connectivity index (χ3n) is 2.12. The van der Waals surface area contributed by atoms with Crippen LogP contribution in [0.1, 0.15) is 24.3 Å². The van der Waals surface area contributed by atoms with Gasteiger partial charge in [-0.05, 0) is 5.92 Å². The predicted octanol–water partition coefficient (Wildman–Crippen LogP) is 0.735. The highest BCUT2D eigenvalue weighted by molar-refractivity contribution is 7.90. The Hall–Kier alpha value is -1.70. The summed E-state index contributed by atoms with van der Waals surface area (Å²) < 4.78 is 27.5. The van der Waals surface area contributed by atoms with Crippen LogP contribution in [0.2, 0.25) is 0 Å². The zero-order valence-corrected chi connectivity index (χ0v) is 12.1. The summed E-state index contributed by atoms with van der Waals surface area (Å²) in [4.78, 5) is 19.0. The van der Waals surface area contributed by atoms with E-state index in [1.54, 1.807) is 0 Å². The van der Waals surface area contributed by atoms with Gasteiger partial charge in [-0.3, -0.25) is 0 Å². The molecule has 7 nitrogen and oxygen atoms in total. The predicted molar refractivity (Wildman–Crippen MR) is 69.8 cm³/mol. The van der Waals surface area contributed by atoms with Crippen molar-refractivity contribution in [3.05, 3.63) is 11.8 Å².